The quantitative estimate of drug-likeness (QED) is 0.814. The molecule has 0 radical (unpaired) electrons. The van der Waals surface area contributed by atoms with Crippen LogP contribution in [-0.4, -0.2) is 23.5 Å². The van der Waals surface area contributed by atoms with Crippen molar-refractivity contribution in [1.82, 2.24) is 10.2 Å². The van der Waals surface area contributed by atoms with E-state index in [2.05, 4.69) is 41.4 Å². The van der Waals surface area contributed by atoms with E-state index in [0.29, 0.717) is 0 Å². The van der Waals surface area contributed by atoms with Gasteiger partial charge in [-0.1, -0.05) is 44.0 Å². The van der Waals surface area contributed by atoms with Crippen molar-refractivity contribution in [2.45, 2.75) is 70.6 Å². The van der Waals surface area contributed by atoms with Crippen LogP contribution in [0.4, 0.5) is 0 Å². The predicted molar refractivity (Wildman–Crippen MR) is 84.6 cm³/mol. The fourth-order valence-electron chi connectivity index (χ4n) is 3.41. The second kappa shape index (κ2) is 6.73. The van der Waals surface area contributed by atoms with Crippen molar-refractivity contribution in [3.05, 3.63) is 35.4 Å². The standard InChI is InChI=1S/C18H28N2/c1-2-20(18-9-5-6-10-18)14-16-8-4-3-7-15(16)13-19-17-11-12-17/h3-4,7-8,17-19H,2,5-6,9-14H2,1H3. The van der Waals surface area contributed by atoms with Crippen molar-refractivity contribution >= 4 is 0 Å². The van der Waals surface area contributed by atoms with E-state index in [9.17, 15) is 0 Å². The maximum atomic E-state index is 3.66. The normalized spacial score (nSPS) is 19.9. The van der Waals surface area contributed by atoms with Crippen LogP contribution in [-0.2, 0) is 13.1 Å². The Kier molecular flexibility index (Phi) is 4.74. The Morgan fingerprint density at radius 2 is 1.75 bits per heavy atom. The fourth-order valence-corrected chi connectivity index (χ4v) is 3.41. The molecule has 20 heavy (non-hydrogen) atoms. The molecule has 2 nitrogen and oxygen atoms in total. The lowest BCUT2D eigenvalue weighted by Crippen LogP contribution is -2.33. The summed E-state index contributed by atoms with van der Waals surface area (Å²) < 4.78 is 0. The Hall–Kier alpha value is -0.860. The first-order chi connectivity index (χ1) is 9.86. The molecule has 2 aliphatic carbocycles. The van der Waals surface area contributed by atoms with Gasteiger partial charge in [-0.15, -0.1) is 0 Å². The maximum Gasteiger partial charge on any atom is 0.0239 e. The largest absolute Gasteiger partial charge is 0.310 e. The SMILES string of the molecule is CCN(Cc1ccccc1CNC1CC1)C1CCCC1. The van der Waals surface area contributed by atoms with E-state index < -0.39 is 0 Å². The summed E-state index contributed by atoms with van der Waals surface area (Å²) in [4.78, 5) is 2.68. The summed E-state index contributed by atoms with van der Waals surface area (Å²) in [6, 6.07) is 10.6. The first-order valence-electron chi connectivity index (χ1n) is 8.41. The molecule has 0 spiro atoms. The van der Waals surface area contributed by atoms with Gasteiger partial charge in [0.1, 0.15) is 0 Å². The minimum atomic E-state index is 0.792. The molecule has 2 heteroatoms. The van der Waals surface area contributed by atoms with Crippen molar-refractivity contribution in [2.75, 3.05) is 6.54 Å². The molecule has 0 aromatic heterocycles. The molecule has 0 unspecified atom stereocenters. The molecule has 2 fully saturated rings. The van der Waals surface area contributed by atoms with Gasteiger partial charge in [-0.3, -0.25) is 4.90 Å². The number of nitrogens with one attached hydrogen (secondary N) is 1. The molecular formula is C18H28N2. The van der Waals surface area contributed by atoms with Crippen molar-refractivity contribution in [1.29, 1.82) is 0 Å². The van der Waals surface area contributed by atoms with Gasteiger partial charge in [0.05, 0.1) is 0 Å². The van der Waals surface area contributed by atoms with Crippen LogP contribution in [0.2, 0.25) is 0 Å². The minimum Gasteiger partial charge on any atom is -0.310 e. The Balaban J connectivity index is 1.64. The molecule has 2 saturated carbocycles. The lowest BCUT2D eigenvalue weighted by atomic mass is 10.1. The van der Waals surface area contributed by atoms with Crippen molar-refractivity contribution in [3.63, 3.8) is 0 Å². The fraction of sp³-hybridized carbons (Fsp3) is 0.667. The molecule has 0 amide bonds. The van der Waals surface area contributed by atoms with E-state index >= 15 is 0 Å². The van der Waals surface area contributed by atoms with E-state index in [1.165, 1.54) is 56.2 Å². The average Bonchev–Trinajstić information content (AvgIpc) is 3.16. The molecule has 1 N–H and O–H groups in total. The average molecular weight is 272 g/mol. The third kappa shape index (κ3) is 3.62. The highest BCUT2D eigenvalue weighted by molar-refractivity contribution is 5.27. The van der Waals surface area contributed by atoms with Gasteiger partial charge < -0.3 is 5.32 Å². The monoisotopic (exact) mass is 272 g/mol. The summed E-state index contributed by atoms with van der Waals surface area (Å²) in [6.07, 6.45) is 8.38. The van der Waals surface area contributed by atoms with Crippen molar-refractivity contribution in [2.24, 2.45) is 0 Å². The maximum absolute atomic E-state index is 3.66. The van der Waals surface area contributed by atoms with Gasteiger partial charge in [0.25, 0.3) is 0 Å². The summed E-state index contributed by atoms with van der Waals surface area (Å²) >= 11 is 0. The highest BCUT2D eigenvalue weighted by atomic mass is 15.1. The zero-order chi connectivity index (χ0) is 13.8. The van der Waals surface area contributed by atoms with E-state index in [4.69, 9.17) is 0 Å². The van der Waals surface area contributed by atoms with Crippen LogP contribution in [0.15, 0.2) is 24.3 Å². The van der Waals surface area contributed by atoms with E-state index in [1.807, 2.05) is 0 Å². The summed E-state index contributed by atoms with van der Waals surface area (Å²) in [5.74, 6) is 0. The van der Waals surface area contributed by atoms with Crippen LogP contribution >= 0.6 is 0 Å². The van der Waals surface area contributed by atoms with Gasteiger partial charge >= 0.3 is 0 Å². The summed E-state index contributed by atoms with van der Waals surface area (Å²) in [5, 5.41) is 3.66. The highest BCUT2D eigenvalue weighted by Crippen LogP contribution is 2.26. The summed E-state index contributed by atoms with van der Waals surface area (Å²) in [5.41, 5.74) is 3.02. The van der Waals surface area contributed by atoms with Gasteiger partial charge in [-0.05, 0) is 43.4 Å². The number of benzene rings is 1. The smallest absolute Gasteiger partial charge is 0.0239 e. The number of nitrogens with zero attached hydrogens (tertiary/aromatic N) is 1. The molecule has 110 valence electrons. The van der Waals surface area contributed by atoms with Gasteiger partial charge in [0.15, 0.2) is 0 Å². The zero-order valence-electron chi connectivity index (χ0n) is 12.8. The molecule has 2 aliphatic rings. The Bertz CT molecular complexity index is 419. The van der Waals surface area contributed by atoms with Gasteiger partial charge in [-0.25, -0.2) is 0 Å². The Labute approximate surface area is 123 Å². The predicted octanol–water partition coefficient (Wildman–Crippen LogP) is 3.70. The van der Waals surface area contributed by atoms with Gasteiger partial charge in [0, 0.05) is 25.2 Å². The minimum absolute atomic E-state index is 0.792. The van der Waals surface area contributed by atoms with Crippen LogP contribution in [0.25, 0.3) is 0 Å². The Morgan fingerprint density at radius 3 is 2.40 bits per heavy atom. The first-order valence-corrected chi connectivity index (χ1v) is 8.41. The van der Waals surface area contributed by atoms with Gasteiger partial charge in [-0.2, -0.15) is 0 Å². The number of hydrogen-bond acceptors (Lipinski definition) is 2. The molecule has 0 saturated heterocycles. The van der Waals surface area contributed by atoms with Crippen LogP contribution in [0, 0.1) is 0 Å². The zero-order valence-corrected chi connectivity index (χ0v) is 12.8. The summed E-state index contributed by atoms with van der Waals surface area (Å²) in [7, 11) is 0. The topological polar surface area (TPSA) is 15.3 Å². The molecule has 0 heterocycles. The lowest BCUT2D eigenvalue weighted by molar-refractivity contribution is 0.199. The molecule has 1 aromatic rings. The third-order valence-corrected chi connectivity index (χ3v) is 4.90. The van der Waals surface area contributed by atoms with Crippen molar-refractivity contribution in [3.8, 4) is 0 Å². The second-order valence-corrected chi connectivity index (χ2v) is 6.43. The molecule has 0 atom stereocenters. The molecule has 0 bridgehead atoms. The number of hydrogen-bond donors (Lipinski definition) is 1. The third-order valence-electron chi connectivity index (χ3n) is 4.90. The van der Waals surface area contributed by atoms with Crippen LogP contribution in [0.5, 0.6) is 0 Å². The molecule has 0 aliphatic heterocycles. The van der Waals surface area contributed by atoms with Gasteiger partial charge in [0.2, 0.25) is 0 Å². The molecule has 3 rings (SSSR count). The second-order valence-electron chi connectivity index (χ2n) is 6.43. The number of rotatable bonds is 7. The summed E-state index contributed by atoms with van der Waals surface area (Å²) in [6.45, 7) is 5.66. The van der Waals surface area contributed by atoms with Crippen LogP contribution < -0.4 is 5.32 Å². The first kappa shape index (κ1) is 14.1. The Morgan fingerprint density at radius 1 is 1.05 bits per heavy atom. The van der Waals surface area contributed by atoms with E-state index in [0.717, 1.165) is 25.2 Å². The lowest BCUT2D eigenvalue weighted by Gasteiger charge is -2.28. The van der Waals surface area contributed by atoms with Crippen LogP contribution in [0.1, 0.15) is 56.6 Å². The van der Waals surface area contributed by atoms with Crippen LogP contribution in [0.3, 0.4) is 0 Å². The molecule has 1 aromatic carbocycles. The van der Waals surface area contributed by atoms with Crippen molar-refractivity contribution < 1.29 is 0 Å². The van der Waals surface area contributed by atoms with E-state index in [1.54, 1.807) is 0 Å². The molecular weight excluding hydrogens is 244 g/mol. The van der Waals surface area contributed by atoms with E-state index in [-0.39, 0.29) is 0 Å². The highest BCUT2D eigenvalue weighted by Gasteiger charge is 2.23.